The second kappa shape index (κ2) is 7.09. The number of nitrogens with zero attached hydrogens (tertiary/aromatic N) is 2. The normalized spacial score (nSPS) is 8.15. The predicted molar refractivity (Wildman–Crippen MR) is 50.9 cm³/mol. The van der Waals surface area contributed by atoms with Crippen molar-refractivity contribution >= 4 is 12.2 Å². The molecule has 0 saturated carbocycles. The Kier molecular flexibility index (Phi) is 6.23. The molecule has 0 aromatic carbocycles. The number of ether oxygens (including phenoxy) is 1. The third-order valence-corrected chi connectivity index (χ3v) is 1.08. The summed E-state index contributed by atoms with van der Waals surface area (Å²) in [5.41, 5.74) is 0. The highest BCUT2D eigenvalue weighted by atomic mass is 16.5. The topological polar surface area (TPSA) is 44.1 Å². The molecule has 0 aliphatic rings. The standard InChI is InChI=1S/C5H6N2.C4H8O2/c1-2-7-4-3-6-5-7;1-3-6-4(2)5/h2-5H,1H2;3H2,1-2H3. The van der Waals surface area contributed by atoms with Gasteiger partial charge in [-0.2, -0.15) is 0 Å². The second-order valence-electron chi connectivity index (χ2n) is 2.12. The van der Waals surface area contributed by atoms with Gasteiger partial charge in [-0.15, -0.1) is 0 Å². The van der Waals surface area contributed by atoms with Gasteiger partial charge in [-0.3, -0.25) is 4.79 Å². The minimum absolute atomic E-state index is 0.211. The highest BCUT2D eigenvalue weighted by Crippen LogP contribution is 1.81. The Labute approximate surface area is 77.9 Å². The van der Waals surface area contributed by atoms with Crippen molar-refractivity contribution in [2.45, 2.75) is 13.8 Å². The van der Waals surface area contributed by atoms with Gasteiger partial charge in [-0.25, -0.2) is 4.98 Å². The lowest BCUT2D eigenvalue weighted by Gasteiger charge is -1.89. The first-order chi connectivity index (χ1) is 6.20. The van der Waals surface area contributed by atoms with Gasteiger partial charge < -0.3 is 9.30 Å². The van der Waals surface area contributed by atoms with E-state index in [1.54, 1.807) is 30.2 Å². The third-order valence-electron chi connectivity index (χ3n) is 1.08. The Morgan fingerprint density at radius 2 is 2.46 bits per heavy atom. The monoisotopic (exact) mass is 182 g/mol. The van der Waals surface area contributed by atoms with Crippen LogP contribution >= 0.6 is 0 Å². The zero-order valence-electron chi connectivity index (χ0n) is 7.93. The number of carbonyl (C=O) groups is 1. The van der Waals surface area contributed by atoms with E-state index in [2.05, 4.69) is 16.3 Å². The third kappa shape index (κ3) is 6.80. The van der Waals surface area contributed by atoms with Crippen LogP contribution in [-0.4, -0.2) is 22.1 Å². The van der Waals surface area contributed by atoms with E-state index in [0.717, 1.165) is 0 Å². The summed E-state index contributed by atoms with van der Waals surface area (Å²) in [6.45, 7) is 7.18. The van der Waals surface area contributed by atoms with E-state index < -0.39 is 0 Å². The molecule has 0 aliphatic heterocycles. The number of aromatic nitrogens is 2. The molecule has 13 heavy (non-hydrogen) atoms. The van der Waals surface area contributed by atoms with Crippen LogP contribution in [0.25, 0.3) is 6.20 Å². The van der Waals surface area contributed by atoms with Crippen molar-refractivity contribution < 1.29 is 9.53 Å². The smallest absolute Gasteiger partial charge is 0.302 e. The molecule has 0 bridgehead atoms. The van der Waals surface area contributed by atoms with E-state index in [1.165, 1.54) is 6.92 Å². The number of hydrogen-bond donors (Lipinski definition) is 0. The van der Waals surface area contributed by atoms with Crippen molar-refractivity contribution in [2.75, 3.05) is 6.61 Å². The van der Waals surface area contributed by atoms with Gasteiger partial charge in [-0.05, 0) is 6.92 Å². The number of carbonyl (C=O) groups excluding carboxylic acids is 1. The Balaban J connectivity index is 0.000000226. The summed E-state index contributed by atoms with van der Waals surface area (Å²) in [4.78, 5) is 13.6. The molecule has 0 aliphatic carbocycles. The van der Waals surface area contributed by atoms with Crippen molar-refractivity contribution in [1.82, 2.24) is 9.55 Å². The molecule has 4 heteroatoms. The summed E-state index contributed by atoms with van der Waals surface area (Å²) < 4.78 is 6.18. The van der Waals surface area contributed by atoms with Crippen molar-refractivity contribution in [1.29, 1.82) is 0 Å². The van der Waals surface area contributed by atoms with Crippen LogP contribution in [0.3, 0.4) is 0 Å². The SMILES string of the molecule is C=Cn1ccnc1.CCOC(C)=O. The van der Waals surface area contributed by atoms with Crippen LogP contribution in [-0.2, 0) is 9.53 Å². The van der Waals surface area contributed by atoms with Crippen molar-refractivity contribution in [3.63, 3.8) is 0 Å². The molecule has 0 fully saturated rings. The average molecular weight is 182 g/mol. The maximum absolute atomic E-state index is 9.82. The van der Waals surface area contributed by atoms with E-state index in [1.807, 2.05) is 6.20 Å². The minimum Gasteiger partial charge on any atom is -0.466 e. The van der Waals surface area contributed by atoms with E-state index in [4.69, 9.17) is 0 Å². The Bertz CT molecular complexity index is 242. The summed E-state index contributed by atoms with van der Waals surface area (Å²) in [7, 11) is 0. The fourth-order valence-corrected chi connectivity index (χ4v) is 0.581. The van der Waals surface area contributed by atoms with E-state index in [-0.39, 0.29) is 5.97 Å². The maximum Gasteiger partial charge on any atom is 0.302 e. The van der Waals surface area contributed by atoms with Crippen LogP contribution < -0.4 is 0 Å². The highest BCUT2D eigenvalue weighted by molar-refractivity contribution is 5.65. The van der Waals surface area contributed by atoms with Crippen LogP contribution in [0.1, 0.15) is 13.8 Å². The second-order valence-corrected chi connectivity index (χ2v) is 2.12. The fourth-order valence-electron chi connectivity index (χ4n) is 0.581. The molecule has 0 saturated heterocycles. The van der Waals surface area contributed by atoms with Gasteiger partial charge in [-0.1, -0.05) is 6.58 Å². The number of imidazole rings is 1. The molecule has 1 heterocycles. The molecule has 0 amide bonds. The minimum atomic E-state index is -0.211. The van der Waals surface area contributed by atoms with Crippen LogP contribution in [0.2, 0.25) is 0 Å². The molecule has 0 spiro atoms. The molecule has 0 atom stereocenters. The molecule has 0 unspecified atom stereocenters. The fraction of sp³-hybridized carbons (Fsp3) is 0.333. The largest absolute Gasteiger partial charge is 0.466 e. The molecule has 0 radical (unpaired) electrons. The van der Waals surface area contributed by atoms with Gasteiger partial charge in [0, 0.05) is 25.5 Å². The average Bonchev–Trinajstić information content (AvgIpc) is 2.56. The Morgan fingerprint density at radius 3 is 2.62 bits per heavy atom. The molecular formula is C9H14N2O2. The lowest BCUT2D eigenvalue weighted by Crippen LogP contribution is -1.95. The Morgan fingerprint density at radius 1 is 1.77 bits per heavy atom. The number of hydrogen-bond acceptors (Lipinski definition) is 3. The van der Waals surface area contributed by atoms with Crippen LogP contribution in [0.15, 0.2) is 25.3 Å². The van der Waals surface area contributed by atoms with E-state index >= 15 is 0 Å². The molecule has 72 valence electrons. The molecule has 1 aromatic rings. The zero-order chi connectivity index (χ0) is 10.1. The van der Waals surface area contributed by atoms with E-state index in [9.17, 15) is 4.79 Å². The molecule has 0 N–H and O–H groups in total. The molecular weight excluding hydrogens is 168 g/mol. The molecule has 4 nitrogen and oxygen atoms in total. The quantitative estimate of drug-likeness (QED) is 0.652. The summed E-state index contributed by atoms with van der Waals surface area (Å²) in [5.74, 6) is -0.211. The van der Waals surface area contributed by atoms with Crippen LogP contribution in [0, 0.1) is 0 Å². The summed E-state index contributed by atoms with van der Waals surface area (Å²) in [5, 5.41) is 0. The van der Waals surface area contributed by atoms with Crippen molar-refractivity contribution in [2.24, 2.45) is 0 Å². The lowest BCUT2D eigenvalue weighted by molar-refractivity contribution is -0.140. The number of esters is 1. The van der Waals surface area contributed by atoms with Gasteiger partial charge in [0.1, 0.15) is 0 Å². The van der Waals surface area contributed by atoms with Gasteiger partial charge in [0.2, 0.25) is 0 Å². The molecule has 1 rings (SSSR count). The van der Waals surface area contributed by atoms with Crippen LogP contribution in [0.4, 0.5) is 0 Å². The van der Waals surface area contributed by atoms with Crippen molar-refractivity contribution in [3.05, 3.63) is 25.3 Å². The first-order valence-corrected chi connectivity index (χ1v) is 3.94. The number of rotatable bonds is 2. The van der Waals surface area contributed by atoms with Gasteiger partial charge in [0.15, 0.2) is 0 Å². The Hall–Kier alpha value is -1.58. The summed E-state index contributed by atoms with van der Waals surface area (Å²) in [6, 6.07) is 0. The maximum atomic E-state index is 9.82. The summed E-state index contributed by atoms with van der Waals surface area (Å²) in [6.07, 6.45) is 6.91. The first-order valence-electron chi connectivity index (χ1n) is 3.94. The summed E-state index contributed by atoms with van der Waals surface area (Å²) >= 11 is 0. The molecule has 1 aromatic heterocycles. The predicted octanol–water partition coefficient (Wildman–Crippen LogP) is 1.55. The van der Waals surface area contributed by atoms with Gasteiger partial charge in [0.25, 0.3) is 0 Å². The lowest BCUT2D eigenvalue weighted by atomic mass is 10.8. The first kappa shape index (κ1) is 11.4. The van der Waals surface area contributed by atoms with Gasteiger partial charge >= 0.3 is 5.97 Å². The van der Waals surface area contributed by atoms with Gasteiger partial charge in [0.05, 0.1) is 12.9 Å². The van der Waals surface area contributed by atoms with E-state index in [0.29, 0.717) is 6.61 Å². The zero-order valence-corrected chi connectivity index (χ0v) is 7.93. The van der Waals surface area contributed by atoms with Crippen LogP contribution in [0.5, 0.6) is 0 Å². The van der Waals surface area contributed by atoms with Crippen molar-refractivity contribution in [3.8, 4) is 0 Å². The highest BCUT2D eigenvalue weighted by Gasteiger charge is 1.81.